The Morgan fingerprint density at radius 2 is 1.84 bits per heavy atom. The molecule has 2 N–H and O–H groups in total. The van der Waals surface area contributed by atoms with Gasteiger partial charge in [-0.25, -0.2) is 4.79 Å². The zero-order chi connectivity index (χ0) is 13.7. The van der Waals surface area contributed by atoms with E-state index in [-0.39, 0.29) is 5.56 Å². The van der Waals surface area contributed by atoms with E-state index in [9.17, 15) is 4.79 Å². The monoisotopic (exact) mass is 257 g/mol. The van der Waals surface area contributed by atoms with Gasteiger partial charge in [-0.2, -0.15) is 0 Å². The molecule has 0 fully saturated rings. The maximum Gasteiger partial charge on any atom is 0.335 e. The van der Waals surface area contributed by atoms with E-state index in [1.807, 2.05) is 24.3 Å². The van der Waals surface area contributed by atoms with Gasteiger partial charge in [-0.15, -0.1) is 0 Å². The molecule has 98 valence electrons. The maximum absolute atomic E-state index is 10.8. The third-order valence-corrected chi connectivity index (χ3v) is 2.73. The molecule has 2 aromatic carbocycles. The largest absolute Gasteiger partial charge is 0.478 e. The summed E-state index contributed by atoms with van der Waals surface area (Å²) in [5.41, 5.74) is 3.11. The molecule has 4 nitrogen and oxygen atoms in total. The summed E-state index contributed by atoms with van der Waals surface area (Å²) in [7, 11) is 1.65. The van der Waals surface area contributed by atoms with Crippen molar-refractivity contribution in [1.82, 2.24) is 0 Å². The molecule has 0 spiro atoms. The first kappa shape index (κ1) is 13.1. The van der Waals surface area contributed by atoms with E-state index in [0.717, 1.165) is 16.9 Å². The summed E-state index contributed by atoms with van der Waals surface area (Å²) in [6.07, 6.45) is 0. The van der Waals surface area contributed by atoms with Gasteiger partial charge < -0.3 is 15.2 Å². The van der Waals surface area contributed by atoms with Gasteiger partial charge in [0.1, 0.15) is 0 Å². The number of methoxy groups -OCH3 is 1. The average molecular weight is 257 g/mol. The van der Waals surface area contributed by atoms with E-state index in [1.165, 1.54) is 0 Å². The minimum absolute atomic E-state index is 0.274. The third-order valence-electron chi connectivity index (χ3n) is 2.73. The minimum atomic E-state index is -0.925. The first-order chi connectivity index (χ1) is 9.20. The lowest BCUT2D eigenvalue weighted by atomic mass is 10.1. The van der Waals surface area contributed by atoms with E-state index < -0.39 is 5.97 Å². The fourth-order valence-corrected chi connectivity index (χ4v) is 1.78. The van der Waals surface area contributed by atoms with E-state index in [1.54, 1.807) is 31.4 Å². The van der Waals surface area contributed by atoms with Gasteiger partial charge in [0, 0.05) is 24.0 Å². The van der Waals surface area contributed by atoms with Crippen LogP contribution in [0.3, 0.4) is 0 Å². The van der Waals surface area contributed by atoms with Crippen LogP contribution >= 0.6 is 0 Å². The van der Waals surface area contributed by atoms with Gasteiger partial charge in [0.2, 0.25) is 0 Å². The first-order valence-electron chi connectivity index (χ1n) is 5.88. The van der Waals surface area contributed by atoms with Crippen LogP contribution in [-0.4, -0.2) is 18.2 Å². The van der Waals surface area contributed by atoms with Crippen molar-refractivity contribution in [2.45, 2.75) is 6.61 Å². The van der Waals surface area contributed by atoms with Gasteiger partial charge in [0.05, 0.1) is 12.2 Å². The van der Waals surface area contributed by atoms with Gasteiger partial charge in [0.15, 0.2) is 0 Å². The molecule has 0 radical (unpaired) electrons. The number of carboxylic acids is 1. The third kappa shape index (κ3) is 3.33. The van der Waals surface area contributed by atoms with Crippen LogP contribution in [-0.2, 0) is 11.3 Å². The zero-order valence-electron chi connectivity index (χ0n) is 10.6. The number of carbonyl (C=O) groups is 1. The van der Waals surface area contributed by atoms with Gasteiger partial charge in [-0.1, -0.05) is 18.2 Å². The van der Waals surface area contributed by atoms with Crippen LogP contribution in [0.1, 0.15) is 15.9 Å². The Kier molecular flexibility index (Phi) is 4.15. The molecule has 0 aliphatic carbocycles. The molecule has 0 atom stereocenters. The number of benzene rings is 2. The molecule has 2 aromatic rings. The van der Waals surface area contributed by atoms with Gasteiger partial charge in [0.25, 0.3) is 0 Å². The van der Waals surface area contributed by atoms with Crippen LogP contribution in [0, 0.1) is 0 Å². The Morgan fingerprint density at radius 3 is 2.47 bits per heavy atom. The predicted octanol–water partition coefficient (Wildman–Crippen LogP) is 3.27. The zero-order valence-corrected chi connectivity index (χ0v) is 10.6. The fourth-order valence-electron chi connectivity index (χ4n) is 1.78. The Labute approximate surface area is 111 Å². The van der Waals surface area contributed by atoms with Crippen LogP contribution in [0.5, 0.6) is 0 Å². The normalized spacial score (nSPS) is 10.2. The maximum atomic E-state index is 10.8. The number of aromatic carboxylic acids is 1. The Hall–Kier alpha value is -2.33. The number of anilines is 2. The topological polar surface area (TPSA) is 58.6 Å². The highest BCUT2D eigenvalue weighted by atomic mass is 16.5. The lowest BCUT2D eigenvalue weighted by molar-refractivity contribution is 0.0697. The number of ether oxygens (including phenoxy) is 1. The number of carboxylic acid groups (broad SMARTS) is 1. The Balaban J connectivity index is 2.19. The molecule has 0 saturated heterocycles. The van der Waals surface area contributed by atoms with Crippen molar-refractivity contribution in [3.8, 4) is 0 Å². The molecule has 0 heterocycles. The number of hydrogen-bond donors (Lipinski definition) is 2. The quantitative estimate of drug-likeness (QED) is 0.863. The molecule has 0 aliphatic rings. The molecule has 0 saturated carbocycles. The van der Waals surface area contributed by atoms with Gasteiger partial charge in [-0.05, 0) is 30.3 Å². The highest BCUT2D eigenvalue weighted by Crippen LogP contribution is 2.21. The Bertz CT molecular complexity index is 564. The standard InChI is InChI=1S/C15H15NO3/c1-19-10-12-4-2-3-5-14(12)16-13-8-6-11(7-9-13)15(17)18/h2-9,16H,10H2,1H3,(H,17,18). The number of rotatable bonds is 5. The van der Waals surface area contributed by atoms with Gasteiger partial charge >= 0.3 is 5.97 Å². The van der Waals surface area contributed by atoms with Crippen LogP contribution in [0.15, 0.2) is 48.5 Å². The Morgan fingerprint density at radius 1 is 1.16 bits per heavy atom. The van der Waals surface area contributed by atoms with Crippen molar-refractivity contribution in [2.75, 3.05) is 12.4 Å². The average Bonchev–Trinajstić information content (AvgIpc) is 2.42. The van der Waals surface area contributed by atoms with Crippen LogP contribution in [0.25, 0.3) is 0 Å². The smallest absolute Gasteiger partial charge is 0.335 e. The molecule has 0 bridgehead atoms. The van der Waals surface area contributed by atoms with Crippen molar-refractivity contribution in [3.05, 3.63) is 59.7 Å². The predicted molar refractivity (Wildman–Crippen MR) is 73.8 cm³/mol. The summed E-state index contributed by atoms with van der Waals surface area (Å²) in [4.78, 5) is 10.8. The summed E-state index contributed by atoms with van der Waals surface area (Å²) in [6, 6.07) is 14.5. The highest BCUT2D eigenvalue weighted by Gasteiger charge is 2.04. The summed E-state index contributed by atoms with van der Waals surface area (Å²) in [5, 5.41) is 12.1. The highest BCUT2D eigenvalue weighted by molar-refractivity contribution is 5.88. The van der Waals surface area contributed by atoms with Crippen LogP contribution in [0.2, 0.25) is 0 Å². The molecule has 2 rings (SSSR count). The van der Waals surface area contributed by atoms with Crippen LogP contribution < -0.4 is 5.32 Å². The molecule has 0 amide bonds. The van der Waals surface area contributed by atoms with Crippen molar-refractivity contribution in [1.29, 1.82) is 0 Å². The lowest BCUT2D eigenvalue weighted by Crippen LogP contribution is -1.99. The van der Waals surface area contributed by atoms with Crippen molar-refractivity contribution in [3.63, 3.8) is 0 Å². The second kappa shape index (κ2) is 6.02. The SMILES string of the molecule is COCc1ccccc1Nc1ccc(C(=O)O)cc1. The van der Waals surface area contributed by atoms with Crippen LogP contribution in [0.4, 0.5) is 11.4 Å². The van der Waals surface area contributed by atoms with E-state index >= 15 is 0 Å². The minimum Gasteiger partial charge on any atom is -0.478 e. The summed E-state index contributed by atoms with van der Waals surface area (Å²) in [6.45, 7) is 0.524. The van der Waals surface area contributed by atoms with E-state index in [4.69, 9.17) is 9.84 Å². The van der Waals surface area contributed by atoms with Crippen molar-refractivity contribution in [2.24, 2.45) is 0 Å². The fraction of sp³-hybridized carbons (Fsp3) is 0.133. The van der Waals surface area contributed by atoms with Gasteiger partial charge in [-0.3, -0.25) is 0 Å². The van der Waals surface area contributed by atoms with E-state index in [2.05, 4.69) is 5.32 Å². The van der Waals surface area contributed by atoms with E-state index in [0.29, 0.717) is 6.61 Å². The lowest BCUT2D eigenvalue weighted by Gasteiger charge is -2.11. The second-order valence-electron chi connectivity index (χ2n) is 4.10. The molecular weight excluding hydrogens is 242 g/mol. The molecule has 0 aliphatic heterocycles. The molecule has 0 aromatic heterocycles. The number of hydrogen-bond acceptors (Lipinski definition) is 3. The summed E-state index contributed by atoms with van der Waals surface area (Å²) < 4.78 is 5.14. The molecular formula is C15H15NO3. The van der Waals surface area contributed by atoms with Crippen molar-refractivity contribution < 1.29 is 14.6 Å². The van der Waals surface area contributed by atoms with Crippen molar-refractivity contribution >= 4 is 17.3 Å². The molecule has 19 heavy (non-hydrogen) atoms. The molecule has 0 unspecified atom stereocenters. The summed E-state index contributed by atoms with van der Waals surface area (Å²) in [5.74, 6) is -0.925. The first-order valence-corrected chi connectivity index (χ1v) is 5.88. The number of para-hydroxylation sites is 1. The summed E-state index contributed by atoms with van der Waals surface area (Å²) >= 11 is 0. The second-order valence-corrected chi connectivity index (χ2v) is 4.10. The molecule has 4 heteroatoms. The number of nitrogens with one attached hydrogen (secondary N) is 1.